The highest BCUT2D eigenvalue weighted by atomic mass is 16.5. The van der Waals surface area contributed by atoms with Gasteiger partial charge in [-0.25, -0.2) is 0 Å². The molecule has 0 unspecified atom stereocenters. The summed E-state index contributed by atoms with van der Waals surface area (Å²) in [5, 5.41) is 2.95. The Morgan fingerprint density at radius 2 is 1.64 bits per heavy atom. The molecule has 150 valence electrons. The van der Waals surface area contributed by atoms with Crippen molar-refractivity contribution in [2.45, 2.75) is 52.7 Å². The lowest BCUT2D eigenvalue weighted by molar-refractivity contribution is -0.142. The number of hydrogen-bond acceptors (Lipinski definition) is 3. The van der Waals surface area contributed by atoms with Crippen molar-refractivity contribution in [3.05, 3.63) is 65.7 Å². The zero-order valence-electron chi connectivity index (χ0n) is 17.4. The van der Waals surface area contributed by atoms with Crippen LogP contribution in [0.5, 0.6) is 5.75 Å². The Labute approximate surface area is 167 Å². The topological polar surface area (TPSA) is 58.6 Å². The maximum absolute atomic E-state index is 12.9. The Bertz CT molecular complexity index is 780. The second-order valence-corrected chi connectivity index (χ2v) is 8.02. The first-order chi connectivity index (χ1) is 13.2. The lowest BCUT2D eigenvalue weighted by Crippen LogP contribution is -2.53. The molecule has 0 bridgehead atoms. The van der Waals surface area contributed by atoms with Gasteiger partial charge >= 0.3 is 0 Å². The zero-order chi connectivity index (χ0) is 20.7. The predicted molar refractivity (Wildman–Crippen MR) is 111 cm³/mol. The van der Waals surface area contributed by atoms with Crippen LogP contribution < -0.4 is 10.1 Å². The Hall–Kier alpha value is -2.82. The Kier molecular flexibility index (Phi) is 7.21. The molecule has 5 nitrogen and oxygen atoms in total. The van der Waals surface area contributed by atoms with Crippen LogP contribution in [0.25, 0.3) is 0 Å². The van der Waals surface area contributed by atoms with Crippen LogP contribution in [0.15, 0.2) is 54.6 Å². The standard InChI is InChI=1S/C23H30N2O3/c1-17-11-13-19(14-12-17)15-25(18(2)22(27)24-23(3,4)5)21(26)16-28-20-9-7-6-8-10-20/h6-14,18H,15-16H2,1-5H3,(H,24,27)/t18-/m0/s1. The Balaban J connectivity index is 2.15. The van der Waals surface area contributed by atoms with Gasteiger partial charge in [0.25, 0.3) is 5.91 Å². The number of ether oxygens (including phenoxy) is 1. The number of benzene rings is 2. The van der Waals surface area contributed by atoms with Gasteiger partial charge in [-0.15, -0.1) is 0 Å². The molecule has 0 aliphatic rings. The molecule has 0 fully saturated rings. The SMILES string of the molecule is Cc1ccc(CN(C(=O)COc2ccccc2)[C@@H](C)C(=O)NC(C)(C)C)cc1. The van der Waals surface area contributed by atoms with Crippen molar-refractivity contribution in [1.82, 2.24) is 10.2 Å². The Morgan fingerprint density at radius 1 is 1.04 bits per heavy atom. The van der Waals surface area contributed by atoms with Crippen molar-refractivity contribution in [2.75, 3.05) is 6.61 Å². The van der Waals surface area contributed by atoms with Crippen LogP contribution in [0, 0.1) is 6.92 Å². The van der Waals surface area contributed by atoms with Gasteiger partial charge < -0.3 is 15.0 Å². The van der Waals surface area contributed by atoms with Gasteiger partial charge in [0.15, 0.2) is 6.61 Å². The zero-order valence-corrected chi connectivity index (χ0v) is 17.4. The maximum atomic E-state index is 12.9. The summed E-state index contributed by atoms with van der Waals surface area (Å²) in [6, 6.07) is 16.5. The van der Waals surface area contributed by atoms with E-state index in [2.05, 4.69) is 5.32 Å². The minimum absolute atomic E-state index is 0.122. The third-order valence-electron chi connectivity index (χ3n) is 4.24. The summed E-state index contributed by atoms with van der Waals surface area (Å²) in [7, 11) is 0. The van der Waals surface area contributed by atoms with Crippen molar-refractivity contribution in [3.63, 3.8) is 0 Å². The molecule has 0 aliphatic carbocycles. The summed E-state index contributed by atoms with van der Waals surface area (Å²) in [6.45, 7) is 9.74. The number of amides is 2. The molecule has 0 heterocycles. The lowest BCUT2D eigenvalue weighted by Gasteiger charge is -2.31. The van der Waals surface area contributed by atoms with E-state index in [-0.39, 0.29) is 24.0 Å². The van der Waals surface area contributed by atoms with E-state index in [1.54, 1.807) is 24.0 Å². The van der Waals surface area contributed by atoms with E-state index in [9.17, 15) is 9.59 Å². The van der Waals surface area contributed by atoms with Crippen molar-refractivity contribution in [3.8, 4) is 5.75 Å². The lowest BCUT2D eigenvalue weighted by atomic mass is 10.1. The molecule has 0 saturated heterocycles. The van der Waals surface area contributed by atoms with Crippen LogP contribution in [0.2, 0.25) is 0 Å². The molecule has 2 aromatic carbocycles. The minimum atomic E-state index is -0.618. The number of rotatable bonds is 7. The molecule has 5 heteroatoms. The van der Waals surface area contributed by atoms with Crippen LogP contribution in [0.4, 0.5) is 0 Å². The summed E-state index contributed by atoms with van der Waals surface area (Å²) in [5.74, 6) is 0.201. The molecule has 2 rings (SSSR count). The minimum Gasteiger partial charge on any atom is -0.484 e. The predicted octanol–water partition coefficient (Wildman–Crippen LogP) is 3.71. The average Bonchev–Trinajstić information content (AvgIpc) is 2.64. The van der Waals surface area contributed by atoms with E-state index in [4.69, 9.17) is 4.74 Å². The second kappa shape index (κ2) is 9.40. The third kappa shape index (κ3) is 6.72. The number of aryl methyl sites for hydroxylation is 1. The van der Waals surface area contributed by atoms with Crippen molar-refractivity contribution >= 4 is 11.8 Å². The van der Waals surface area contributed by atoms with Gasteiger partial charge in [-0.05, 0) is 52.3 Å². The number of carbonyl (C=O) groups is 2. The normalized spacial score (nSPS) is 12.2. The molecular formula is C23H30N2O3. The molecule has 1 atom stereocenters. The number of carbonyl (C=O) groups excluding carboxylic acids is 2. The molecular weight excluding hydrogens is 352 g/mol. The third-order valence-corrected chi connectivity index (χ3v) is 4.24. The highest BCUT2D eigenvalue weighted by Crippen LogP contribution is 2.14. The first-order valence-corrected chi connectivity index (χ1v) is 9.50. The molecule has 0 saturated carbocycles. The highest BCUT2D eigenvalue weighted by molar-refractivity contribution is 5.88. The summed E-state index contributed by atoms with van der Waals surface area (Å²) >= 11 is 0. The van der Waals surface area contributed by atoms with Gasteiger partial charge in [0.05, 0.1) is 0 Å². The summed E-state index contributed by atoms with van der Waals surface area (Å²) in [4.78, 5) is 27.2. The average molecular weight is 383 g/mol. The Morgan fingerprint density at radius 3 is 2.21 bits per heavy atom. The molecule has 28 heavy (non-hydrogen) atoms. The van der Waals surface area contributed by atoms with Crippen LogP contribution in [-0.4, -0.2) is 34.9 Å². The van der Waals surface area contributed by atoms with E-state index in [1.165, 1.54) is 0 Å². The quantitative estimate of drug-likeness (QED) is 0.794. The molecule has 2 amide bonds. The van der Waals surface area contributed by atoms with Gasteiger partial charge in [-0.3, -0.25) is 9.59 Å². The summed E-state index contributed by atoms with van der Waals surface area (Å²) < 4.78 is 5.61. The van der Waals surface area contributed by atoms with Crippen LogP contribution in [0.3, 0.4) is 0 Å². The van der Waals surface area contributed by atoms with Crippen molar-refractivity contribution in [1.29, 1.82) is 0 Å². The number of para-hydroxylation sites is 1. The fraction of sp³-hybridized carbons (Fsp3) is 0.391. The second-order valence-electron chi connectivity index (χ2n) is 8.02. The molecule has 0 spiro atoms. The van der Waals surface area contributed by atoms with E-state index in [0.717, 1.165) is 11.1 Å². The van der Waals surface area contributed by atoms with Crippen LogP contribution in [0.1, 0.15) is 38.8 Å². The fourth-order valence-corrected chi connectivity index (χ4v) is 2.69. The van der Waals surface area contributed by atoms with Crippen LogP contribution in [-0.2, 0) is 16.1 Å². The van der Waals surface area contributed by atoms with E-state index < -0.39 is 6.04 Å². The largest absolute Gasteiger partial charge is 0.484 e. The first-order valence-electron chi connectivity index (χ1n) is 9.50. The molecule has 0 aliphatic heterocycles. The molecule has 0 aromatic heterocycles. The number of nitrogens with one attached hydrogen (secondary N) is 1. The van der Waals surface area contributed by atoms with Gasteiger partial charge in [0, 0.05) is 12.1 Å². The van der Waals surface area contributed by atoms with E-state index in [1.807, 2.05) is 70.2 Å². The van der Waals surface area contributed by atoms with Gasteiger partial charge in [-0.2, -0.15) is 0 Å². The van der Waals surface area contributed by atoms with E-state index >= 15 is 0 Å². The first kappa shape index (κ1) is 21.5. The monoisotopic (exact) mass is 382 g/mol. The molecule has 0 radical (unpaired) electrons. The molecule has 1 N–H and O–H groups in total. The smallest absolute Gasteiger partial charge is 0.261 e. The van der Waals surface area contributed by atoms with Gasteiger partial charge in [0.1, 0.15) is 11.8 Å². The van der Waals surface area contributed by atoms with Gasteiger partial charge in [0.2, 0.25) is 5.91 Å². The van der Waals surface area contributed by atoms with Crippen molar-refractivity contribution < 1.29 is 14.3 Å². The fourth-order valence-electron chi connectivity index (χ4n) is 2.69. The van der Waals surface area contributed by atoms with Crippen LogP contribution >= 0.6 is 0 Å². The number of nitrogens with zero attached hydrogens (tertiary/aromatic N) is 1. The highest BCUT2D eigenvalue weighted by Gasteiger charge is 2.28. The van der Waals surface area contributed by atoms with Crippen molar-refractivity contribution in [2.24, 2.45) is 0 Å². The summed E-state index contributed by atoms with van der Waals surface area (Å²) in [6.07, 6.45) is 0. The van der Waals surface area contributed by atoms with E-state index in [0.29, 0.717) is 12.3 Å². The molecule has 2 aromatic rings. The summed E-state index contributed by atoms with van der Waals surface area (Å²) in [5.41, 5.74) is 1.74. The maximum Gasteiger partial charge on any atom is 0.261 e. The number of hydrogen-bond donors (Lipinski definition) is 1. The van der Waals surface area contributed by atoms with Gasteiger partial charge in [-0.1, -0.05) is 48.0 Å².